The first-order chi connectivity index (χ1) is 8.06. The van der Waals surface area contributed by atoms with Crippen molar-refractivity contribution in [3.05, 3.63) is 44.1 Å². The molecule has 1 aromatic carbocycles. The van der Waals surface area contributed by atoms with E-state index in [9.17, 15) is 0 Å². The first-order valence-electron chi connectivity index (χ1n) is 5.00. The fraction of sp³-hybridized carbons (Fsp3) is 0.0833. The first kappa shape index (κ1) is 12.6. The zero-order valence-electron chi connectivity index (χ0n) is 9.17. The zero-order chi connectivity index (χ0) is 12.4. The quantitative estimate of drug-likeness (QED) is 0.742. The van der Waals surface area contributed by atoms with Gasteiger partial charge in [-0.15, -0.1) is 0 Å². The summed E-state index contributed by atoms with van der Waals surface area (Å²) in [5.74, 6) is 0.679. The molecule has 1 aromatic heterocycles. The normalized spacial score (nSPS) is 10.3. The maximum atomic E-state index is 5.92. The Kier molecular flexibility index (Phi) is 3.88. The summed E-state index contributed by atoms with van der Waals surface area (Å²) in [5.41, 5.74) is 8.57. The second-order valence-corrected chi connectivity index (χ2v) is 5.80. The summed E-state index contributed by atoms with van der Waals surface area (Å²) in [7, 11) is 0. The van der Waals surface area contributed by atoms with Crippen LogP contribution < -0.4 is 11.1 Å². The van der Waals surface area contributed by atoms with Gasteiger partial charge in [-0.3, -0.25) is 0 Å². The van der Waals surface area contributed by atoms with Crippen LogP contribution in [0.4, 0.5) is 17.2 Å². The van der Waals surface area contributed by atoms with Gasteiger partial charge in [-0.25, -0.2) is 4.98 Å². The Morgan fingerprint density at radius 2 is 2.12 bits per heavy atom. The summed E-state index contributed by atoms with van der Waals surface area (Å²) < 4.78 is 2.14. The Hall–Kier alpha value is -0.820. The van der Waals surface area contributed by atoms with E-state index in [1.807, 2.05) is 31.2 Å². The number of nitrogens with two attached hydrogens (primary N) is 1. The Labute approximate surface area is 122 Å². The van der Waals surface area contributed by atoms with E-state index in [0.717, 1.165) is 19.3 Å². The molecule has 0 aliphatic rings. The number of benzene rings is 1. The molecule has 0 saturated heterocycles. The Morgan fingerprint density at radius 3 is 2.82 bits per heavy atom. The number of anilines is 3. The van der Waals surface area contributed by atoms with Gasteiger partial charge in [0.2, 0.25) is 0 Å². The number of pyridine rings is 1. The highest BCUT2D eigenvalue weighted by atomic mass is 127. The van der Waals surface area contributed by atoms with Crippen LogP contribution in [-0.2, 0) is 0 Å². The van der Waals surface area contributed by atoms with Crippen molar-refractivity contribution in [2.24, 2.45) is 0 Å². The van der Waals surface area contributed by atoms with Gasteiger partial charge in [0.25, 0.3) is 0 Å². The number of halogens is 2. The molecule has 0 aliphatic carbocycles. The lowest BCUT2D eigenvalue weighted by atomic mass is 10.2. The maximum absolute atomic E-state index is 5.92. The van der Waals surface area contributed by atoms with E-state index >= 15 is 0 Å². The minimum absolute atomic E-state index is 0.649. The first-order valence-corrected chi connectivity index (χ1v) is 6.87. The van der Waals surface area contributed by atoms with Crippen LogP contribution in [0.15, 0.2) is 34.9 Å². The van der Waals surface area contributed by atoms with Crippen molar-refractivity contribution in [3.8, 4) is 0 Å². The van der Waals surface area contributed by atoms with Crippen LogP contribution in [0.25, 0.3) is 0 Å². The lowest BCUT2D eigenvalue weighted by Gasteiger charge is -2.10. The molecule has 0 spiro atoms. The van der Waals surface area contributed by atoms with E-state index in [1.165, 1.54) is 0 Å². The largest absolute Gasteiger partial charge is 0.396 e. The monoisotopic (exact) mass is 403 g/mol. The standard InChI is InChI=1S/C12H11BrIN3/c1-7-4-10(15)12(16-6-7)17-11-5-8(14)2-3-9(11)13/h2-6H,15H2,1H3,(H,16,17). The van der Waals surface area contributed by atoms with Crippen LogP contribution in [0.3, 0.4) is 0 Å². The molecule has 0 radical (unpaired) electrons. The lowest BCUT2D eigenvalue weighted by molar-refractivity contribution is 1.26. The predicted molar refractivity (Wildman–Crippen MR) is 83.5 cm³/mol. The van der Waals surface area contributed by atoms with Crippen molar-refractivity contribution in [1.29, 1.82) is 0 Å². The van der Waals surface area contributed by atoms with Gasteiger partial charge in [-0.1, -0.05) is 0 Å². The molecule has 0 aliphatic heterocycles. The minimum Gasteiger partial charge on any atom is -0.396 e. The number of rotatable bonds is 2. The fourth-order valence-corrected chi connectivity index (χ4v) is 2.25. The van der Waals surface area contributed by atoms with E-state index in [1.54, 1.807) is 6.20 Å². The van der Waals surface area contributed by atoms with E-state index < -0.39 is 0 Å². The van der Waals surface area contributed by atoms with Crippen LogP contribution in [-0.4, -0.2) is 4.98 Å². The Morgan fingerprint density at radius 1 is 1.35 bits per heavy atom. The number of hydrogen-bond acceptors (Lipinski definition) is 3. The molecule has 2 aromatic rings. The van der Waals surface area contributed by atoms with Crippen LogP contribution in [0.5, 0.6) is 0 Å². The number of nitrogen functional groups attached to an aromatic ring is 1. The van der Waals surface area contributed by atoms with Gasteiger partial charge in [-0.05, 0) is 75.3 Å². The molecule has 2 rings (SSSR count). The molecule has 0 atom stereocenters. The van der Waals surface area contributed by atoms with Crippen LogP contribution in [0, 0.1) is 10.5 Å². The Balaban J connectivity index is 2.34. The van der Waals surface area contributed by atoms with Gasteiger partial charge in [0.15, 0.2) is 5.82 Å². The highest BCUT2D eigenvalue weighted by Crippen LogP contribution is 2.29. The van der Waals surface area contributed by atoms with Gasteiger partial charge < -0.3 is 11.1 Å². The second kappa shape index (κ2) is 5.22. The van der Waals surface area contributed by atoms with Crippen LogP contribution >= 0.6 is 38.5 Å². The molecule has 3 N–H and O–H groups in total. The Bertz CT molecular complexity index is 557. The molecule has 1 heterocycles. The molecule has 0 amide bonds. The van der Waals surface area contributed by atoms with Gasteiger partial charge in [0, 0.05) is 14.2 Å². The van der Waals surface area contributed by atoms with Crippen molar-refractivity contribution in [1.82, 2.24) is 4.98 Å². The van der Waals surface area contributed by atoms with Gasteiger partial charge in [0.05, 0.1) is 11.4 Å². The summed E-state index contributed by atoms with van der Waals surface area (Å²) in [4.78, 5) is 4.28. The van der Waals surface area contributed by atoms with Crippen molar-refractivity contribution in [3.63, 3.8) is 0 Å². The molecule has 3 nitrogen and oxygen atoms in total. The van der Waals surface area contributed by atoms with E-state index in [4.69, 9.17) is 5.73 Å². The molecular formula is C12H11BrIN3. The average Bonchev–Trinajstić information content (AvgIpc) is 2.27. The van der Waals surface area contributed by atoms with Crippen molar-refractivity contribution >= 4 is 55.7 Å². The maximum Gasteiger partial charge on any atom is 0.153 e. The molecule has 5 heteroatoms. The van der Waals surface area contributed by atoms with Crippen LogP contribution in [0.2, 0.25) is 0 Å². The second-order valence-electron chi connectivity index (χ2n) is 3.70. The molecule has 88 valence electrons. The number of hydrogen-bond donors (Lipinski definition) is 2. The SMILES string of the molecule is Cc1cnc(Nc2cc(I)ccc2Br)c(N)c1. The van der Waals surface area contributed by atoms with Crippen LogP contribution in [0.1, 0.15) is 5.56 Å². The summed E-state index contributed by atoms with van der Waals surface area (Å²) in [6, 6.07) is 7.96. The van der Waals surface area contributed by atoms with Gasteiger partial charge in [-0.2, -0.15) is 0 Å². The predicted octanol–water partition coefficient (Wildman–Crippen LogP) is 4.08. The summed E-state index contributed by atoms with van der Waals surface area (Å²) in [5, 5.41) is 3.22. The highest BCUT2D eigenvalue weighted by molar-refractivity contribution is 14.1. The molecule has 0 saturated carbocycles. The van der Waals surface area contributed by atoms with Crippen molar-refractivity contribution < 1.29 is 0 Å². The van der Waals surface area contributed by atoms with E-state index in [2.05, 4.69) is 48.8 Å². The molecule has 0 fully saturated rings. The summed E-state index contributed by atoms with van der Waals surface area (Å²) >= 11 is 5.76. The third kappa shape index (κ3) is 3.10. The molecule has 17 heavy (non-hydrogen) atoms. The number of nitrogens with zero attached hydrogens (tertiary/aromatic N) is 1. The number of aryl methyl sites for hydroxylation is 1. The lowest BCUT2D eigenvalue weighted by Crippen LogP contribution is -2.00. The van der Waals surface area contributed by atoms with Gasteiger partial charge in [0.1, 0.15) is 0 Å². The molecule has 0 bridgehead atoms. The third-order valence-electron chi connectivity index (χ3n) is 2.24. The average molecular weight is 404 g/mol. The zero-order valence-corrected chi connectivity index (χ0v) is 12.9. The fourth-order valence-electron chi connectivity index (χ4n) is 1.42. The smallest absolute Gasteiger partial charge is 0.153 e. The summed E-state index contributed by atoms with van der Waals surface area (Å²) in [6.45, 7) is 1.97. The topological polar surface area (TPSA) is 50.9 Å². The number of aromatic nitrogens is 1. The molecular weight excluding hydrogens is 393 g/mol. The van der Waals surface area contributed by atoms with E-state index in [0.29, 0.717) is 11.5 Å². The van der Waals surface area contributed by atoms with Crippen molar-refractivity contribution in [2.75, 3.05) is 11.1 Å². The highest BCUT2D eigenvalue weighted by Gasteiger charge is 2.05. The minimum atomic E-state index is 0.649. The number of nitrogens with one attached hydrogen (secondary N) is 1. The molecule has 0 unspecified atom stereocenters. The van der Waals surface area contributed by atoms with Gasteiger partial charge >= 0.3 is 0 Å². The third-order valence-corrected chi connectivity index (χ3v) is 3.60. The van der Waals surface area contributed by atoms with Crippen molar-refractivity contribution in [2.45, 2.75) is 6.92 Å². The van der Waals surface area contributed by atoms with E-state index in [-0.39, 0.29) is 0 Å². The summed E-state index contributed by atoms with van der Waals surface area (Å²) in [6.07, 6.45) is 1.79.